The van der Waals surface area contributed by atoms with Crippen LogP contribution in [0.4, 0.5) is 0 Å². The minimum absolute atomic E-state index is 0.142. The molecule has 3 heteroatoms. The predicted molar refractivity (Wildman–Crippen MR) is 87.1 cm³/mol. The molecule has 0 aliphatic heterocycles. The molecule has 3 rings (SSSR count). The van der Waals surface area contributed by atoms with Crippen LogP contribution < -0.4 is 0 Å². The third kappa shape index (κ3) is 2.59. The number of halogens is 1. The largest absolute Gasteiger partial charge is 0.506 e. The molecule has 2 aromatic carbocycles. The van der Waals surface area contributed by atoms with Crippen LogP contribution in [0.25, 0.3) is 10.9 Å². The highest BCUT2D eigenvalue weighted by atomic mass is 35.5. The summed E-state index contributed by atoms with van der Waals surface area (Å²) in [7, 11) is 0. The molecule has 0 radical (unpaired) electrons. The molecular weight excluding hydrogens is 282 g/mol. The predicted octanol–water partition coefficient (Wildman–Crippen LogP) is 4.80. The Labute approximate surface area is 129 Å². The molecule has 1 N–H and O–H groups in total. The highest BCUT2D eigenvalue weighted by Crippen LogP contribution is 2.31. The van der Waals surface area contributed by atoms with Gasteiger partial charge in [-0.2, -0.15) is 0 Å². The number of rotatable bonds is 2. The van der Waals surface area contributed by atoms with Gasteiger partial charge in [0.25, 0.3) is 0 Å². The van der Waals surface area contributed by atoms with Gasteiger partial charge in [0.05, 0.1) is 10.5 Å². The average molecular weight is 298 g/mol. The molecule has 0 unspecified atom stereocenters. The van der Waals surface area contributed by atoms with Crippen molar-refractivity contribution in [2.24, 2.45) is 0 Å². The van der Waals surface area contributed by atoms with Crippen LogP contribution in [0.2, 0.25) is 5.02 Å². The van der Waals surface area contributed by atoms with E-state index in [1.807, 2.05) is 25.3 Å². The summed E-state index contributed by atoms with van der Waals surface area (Å²) in [5.74, 6) is 0.142. The summed E-state index contributed by atoms with van der Waals surface area (Å²) in [6.45, 7) is 4.03. The fourth-order valence-corrected chi connectivity index (χ4v) is 2.86. The van der Waals surface area contributed by atoms with Crippen LogP contribution in [0, 0.1) is 13.8 Å². The molecule has 0 aliphatic carbocycles. The molecule has 0 bridgehead atoms. The smallest absolute Gasteiger partial charge is 0.134 e. The first kappa shape index (κ1) is 13.9. The third-order valence-corrected chi connectivity index (χ3v) is 4.23. The molecule has 21 heavy (non-hydrogen) atoms. The van der Waals surface area contributed by atoms with Gasteiger partial charge in [0.15, 0.2) is 0 Å². The van der Waals surface area contributed by atoms with Gasteiger partial charge in [-0.05, 0) is 54.7 Å². The molecular formula is C18H16ClNO. The number of fused-ring (bicyclic) bond motifs is 1. The van der Waals surface area contributed by atoms with Crippen LogP contribution in [0.5, 0.6) is 5.75 Å². The maximum Gasteiger partial charge on any atom is 0.134 e. The molecule has 0 atom stereocenters. The van der Waals surface area contributed by atoms with Crippen molar-refractivity contribution in [1.82, 2.24) is 4.98 Å². The van der Waals surface area contributed by atoms with Gasteiger partial charge in [0.1, 0.15) is 5.75 Å². The van der Waals surface area contributed by atoms with Crippen molar-refractivity contribution in [1.29, 1.82) is 0 Å². The van der Waals surface area contributed by atoms with Gasteiger partial charge in [-0.25, -0.2) is 0 Å². The highest BCUT2D eigenvalue weighted by molar-refractivity contribution is 6.32. The molecule has 0 amide bonds. The Morgan fingerprint density at radius 3 is 2.71 bits per heavy atom. The van der Waals surface area contributed by atoms with E-state index < -0.39 is 0 Å². The van der Waals surface area contributed by atoms with Crippen LogP contribution in [0.1, 0.15) is 22.3 Å². The van der Waals surface area contributed by atoms with Crippen molar-refractivity contribution in [3.63, 3.8) is 0 Å². The number of benzene rings is 2. The zero-order valence-corrected chi connectivity index (χ0v) is 12.8. The number of hydrogen-bond acceptors (Lipinski definition) is 2. The van der Waals surface area contributed by atoms with E-state index in [0.717, 1.165) is 27.6 Å². The Kier molecular flexibility index (Phi) is 3.56. The van der Waals surface area contributed by atoms with Gasteiger partial charge >= 0.3 is 0 Å². The molecule has 0 saturated heterocycles. The lowest BCUT2D eigenvalue weighted by Gasteiger charge is -2.11. The van der Waals surface area contributed by atoms with E-state index in [1.165, 1.54) is 5.56 Å². The average Bonchev–Trinajstić information content (AvgIpc) is 2.47. The summed E-state index contributed by atoms with van der Waals surface area (Å²) in [5.41, 5.74) is 5.29. The minimum atomic E-state index is 0.142. The Morgan fingerprint density at radius 1 is 1.10 bits per heavy atom. The molecule has 0 spiro atoms. The molecule has 0 fully saturated rings. The maximum absolute atomic E-state index is 9.86. The Bertz CT molecular complexity index is 827. The lowest BCUT2D eigenvalue weighted by Crippen LogP contribution is -1.96. The normalized spacial score (nSPS) is 11.0. The van der Waals surface area contributed by atoms with E-state index in [2.05, 4.69) is 30.1 Å². The van der Waals surface area contributed by atoms with Crippen molar-refractivity contribution in [2.75, 3.05) is 0 Å². The molecule has 0 saturated carbocycles. The molecule has 1 heterocycles. The fraction of sp³-hybridized carbons (Fsp3) is 0.167. The molecule has 1 aromatic heterocycles. The molecule has 3 aromatic rings. The van der Waals surface area contributed by atoms with E-state index in [0.29, 0.717) is 11.4 Å². The van der Waals surface area contributed by atoms with E-state index in [1.54, 1.807) is 6.07 Å². The van der Waals surface area contributed by atoms with E-state index >= 15 is 0 Å². The molecule has 0 aliphatic rings. The van der Waals surface area contributed by atoms with Crippen molar-refractivity contribution in [2.45, 2.75) is 20.3 Å². The van der Waals surface area contributed by atoms with Gasteiger partial charge in [-0.3, -0.25) is 4.98 Å². The lowest BCUT2D eigenvalue weighted by atomic mass is 9.97. The van der Waals surface area contributed by atoms with Crippen LogP contribution in [0.3, 0.4) is 0 Å². The summed E-state index contributed by atoms with van der Waals surface area (Å²) in [6, 6.07) is 11.9. The van der Waals surface area contributed by atoms with Gasteiger partial charge in [0.2, 0.25) is 0 Å². The second-order valence-corrected chi connectivity index (χ2v) is 5.74. The van der Waals surface area contributed by atoms with Gasteiger partial charge < -0.3 is 5.11 Å². The van der Waals surface area contributed by atoms with Gasteiger partial charge in [-0.15, -0.1) is 0 Å². The van der Waals surface area contributed by atoms with E-state index in [9.17, 15) is 5.11 Å². The summed E-state index contributed by atoms with van der Waals surface area (Å²) in [4.78, 5) is 4.46. The van der Waals surface area contributed by atoms with Crippen LogP contribution >= 0.6 is 11.6 Å². The zero-order valence-electron chi connectivity index (χ0n) is 12.0. The third-order valence-electron chi connectivity index (χ3n) is 3.79. The Morgan fingerprint density at radius 2 is 1.90 bits per heavy atom. The zero-order chi connectivity index (χ0) is 15.0. The molecule has 106 valence electrons. The van der Waals surface area contributed by atoms with Crippen LogP contribution in [-0.4, -0.2) is 10.1 Å². The number of aromatic nitrogens is 1. The summed E-state index contributed by atoms with van der Waals surface area (Å²) >= 11 is 6.22. The van der Waals surface area contributed by atoms with E-state index in [-0.39, 0.29) is 5.75 Å². The van der Waals surface area contributed by atoms with Crippen LogP contribution in [-0.2, 0) is 6.42 Å². The number of hydrogen-bond donors (Lipinski definition) is 1. The lowest BCUT2D eigenvalue weighted by molar-refractivity contribution is 0.474. The van der Waals surface area contributed by atoms with E-state index in [4.69, 9.17) is 11.6 Å². The minimum Gasteiger partial charge on any atom is -0.506 e. The first-order valence-corrected chi connectivity index (χ1v) is 7.25. The maximum atomic E-state index is 9.86. The van der Waals surface area contributed by atoms with Crippen molar-refractivity contribution >= 4 is 22.5 Å². The highest BCUT2D eigenvalue weighted by Gasteiger charge is 2.11. The number of pyridine rings is 1. The quantitative estimate of drug-likeness (QED) is 0.737. The number of nitrogens with zero attached hydrogens (tertiary/aromatic N) is 1. The molecule has 2 nitrogen and oxygen atoms in total. The van der Waals surface area contributed by atoms with Crippen molar-refractivity contribution in [3.8, 4) is 5.75 Å². The SMILES string of the molecule is Cc1cc(O)c(Cl)c(Cc2ccc3cccnc3c2C)c1. The Hall–Kier alpha value is -2.06. The van der Waals surface area contributed by atoms with Crippen molar-refractivity contribution < 1.29 is 5.11 Å². The Balaban J connectivity index is 2.08. The number of phenolic OH excluding ortho intramolecular Hbond substituents is 1. The number of aromatic hydroxyl groups is 1. The van der Waals surface area contributed by atoms with Crippen molar-refractivity contribution in [3.05, 3.63) is 69.9 Å². The first-order valence-electron chi connectivity index (χ1n) is 6.87. The number of aryl methyl sites for hydroxylation is 2. The summed E-state index contributed by atoms with van der Waals surface area (Å²) < 4.78 is 0. The standard InChI is InChI=1S/C18H16ClNO/c1-11-8-15(17(19)16(21)9-11)10-14-6-5-13-4-3-7-20-18(13)12(14)2/h3-9,21H,10H2,1-2H3. The second-order valence-electron chi connectivity index (χ2n) is 5.36. The summed E-state index contributed by atoms with van der Waals surface area (Å²) in [6.07, 6.45) is 2.50. The number of phenols is 1. The van der Waals surface area contributed by atoms with Gasteiger partial charge in [0, 0.05) is 11.6 Å². The monoisotopic (exact) mass is 297 g/mol. The van der Waals surface area contributed by atoms with Gasteiger partial charge in [-0.1, -0.05) is 35.9 Å². The van der Waals surface area contributed by atoms with Crippen LogP contribution in [0.15, 0.2) is 42.6 Å². The topological polar surface area (TPSA) is 33.1 Å². The first-order chi connectivity index (χ1) is 10.1. The summed E-state index contributed by atoms with van der Waals surface area (Å²) in [5, 5.41) is 11.4. The fourth-order valence-electron chi connectivity index (χ4n) is 2.68. The second kappa shape index (κ2) is 5.38.